The molecule has 1 N–H and O–H groups in total. The van der Waals surface area contributed by atoms with Crippen LogP contribution in [0.15, 0.2) is 29.4 Å². The predicted molar refractivity (Wildman–Crippen MR) is 82.3 cm³/mol. The first-order valence-corrected chi connectivity index (χ1v) is 7.07. The number of nitrogens with zero attached hydrogens (tertiary/aromatic N) is 3. The number of hydrogen-bond donors (Lipinski definition) is 1. The highest BCUT2D eigenvalue weighted by Crippen LogP contribution is 2.24. The molecule has 21 heavy (non-hydrogen) atoms. The fourth-order valence-electron chi connectivity index (χ4n) is 2.13. The van der Waals surface area contributed by atoms with E-state index in [4.69, 9.17) is 21.5 Å². The molecular formula is C15H18ClN3O2. The first-order chi connectivity index (χ1) is 10.1. The monoisotopic (exact) mass is 307 g/mol. The van der Waals surface area contributed by atoms with Gasteiger partial charge in [0, 0.05) is 18.2 Å². The number of rotatable bonds is 5. The van der Waals surface area contributed by atoms with Crippen molar-refractivity contribution in [2.45, 2.75) is 26.9 Å². The molecule has 0 spiro atoms. The molecule has 0 fully saturated rings. The molecule has 0 saturated heterocycles. The number of benzene rings is 1. The van der Waals surface area contributed by atoms with Gasteiger partial charge in [0.05, 0.1) is 11.4 Å². The number of ether oxygens (including phenoxy) is 1. The Kier molecular flexibility index (Phi) is 4.85. The topological polar surface area (TPSA) is 59.6 Å². The molecule has 1 aromatic carbocycles. The lowest BCUT2D eigenvalue weighted by molar-refractivity contribution is 0.302. The normalized spacial score (nSPS) is 11.7. The van der Waals surface area contributed by atoms with Crippen molar-refractivity contribution in [3.63, 3.8) is 0 Å². The van der Waals surface area contributed by atoms with Gasteiger partial charge in [0.1, 0.15) is 17.5 Å². The van der Waals surface area contributed by atoms with Gasteiger partial charge in [-0.3, -0.25) is 4.68 Å². The van der Waals surface area contributed by atoms with Crippen molar-refractivity contribution < 1.29 is 9.94 Å². The maximum Gasteiger partial charge on any atom is 0.133 e. The van der Waals surface area contributed by atoms with E-state index in [1.165, 1.54) is 0 Å². The van der Waals surface area contributed by atoms with Crippen LogP contribution in [-0.2, 0) is 13.7 Å². The lowest BCUT2D eigenvalue weighted by Gasteiger charge is -2.11. The van der Waals surface area contributed by atoms with Crippen molar-refractivity contribution in [3.8, 4) is 5.75 Å². The molecule has 0 aliphatic heterocycles. The summed E-state index contributed by atoms with van der Waals surface area (Å²) < 4.78 is 7.47. The van der Waals surface area contributed by atoms with Crippen molar-refractivity contribution in [1.29, 1.82) is 0 Å². The van der Waals surface area contributed by atoms with Gasteiger partial charge >= 0.3 is 0 Å². The summed E-state index contributed by atoms with van der Waals surface area (Å²) in [5.74, 6) is 0.659. The third-order valence-electron chi connectivity index (χ3n) is 3.30. The van der Waals surface area contributed by atoms with Crippen molar-refractivity contribution in [2.75, 3.05) is 0 Å². The molecule has 1 aromatic heterocycles. The molecule has 0 aliphatic carbocycles. The standard InChI is InChI=1S/C15H18ClN3O2/c1-4-13(18-20)11-7-5-6-8-14(11)21-9-12-10(2)17-19(3)15(12)16/h5-8,20H,4,9H2,1-3H3/b18-13-. The number of para-hydroxylation sites is 1. The van der Waals surface area contributed by atoms with Crippen LogP contribution >= 0.6 is 11.6 Å². The van der Waals surface area contributed by atoms with E-state index in [2.05, 4.69) is 10.3 Å². The maximum absolute atomic E-state index is 9.08. The molecular weight excluding hydrogens is 290 g/mol. The Labute approximate surface area is 128 Å². The van der Waals surface area contributed by atoms with Gasteiger partial charge in [0.15, 0.2) is 0 Å². The summed E-state index contributed by atoms with van der Waals surface area (Å²) >= 11 is 6.19. The van der Waals surface area contributed by atoms with Crippen LogP contribution in [0.1, 0.15) is 30.2 Å². The zero-order valence-corrected chi connectivity index (χ0v) is 13.1. The van der Waals surface area contributed by atoms with E-state index in [0.717, 1.165) is 16.8 Å². The van der Waals surface area contributed by atoms with E-state index in [-0.39, 0.29) is 0 Å². The Morgan fingerprint density at radius 2 is 2.14 bits per heavy atom. The molecule has 112 valence electrons. The SMILES string of the molecule is CC/C(=N/O)c1ccccc1OCc1c(C)nn(C)c1Cl. The van der Waals surface area contributed by atoms with Crippen LogP contribution in [0.4, 0.5) is 0 Å². The van der Waals surface area contributed by atoms with E-state index in [1.54, 1.807) is 11.7 Å². The average Bonchev–Trinajstić information content (AvgIpc) is 2.73. The van der Waals surface area contributed by atoms with Gasteiger partial charge in [0.2, 0.25) is 0 Å². The number of hydrogen-bond acceptors (Lipinski definition) is 4. The summed E-state index contributed by atoms with van der Waals surface area (Å²) in [6, 6.07) is 7.47. The predicted octanol–water partition coefficient (Wildman–Crippen LogP) is 3.55. The molecule has 0 saturated carbocycles. The summed E-state index contributed by atoms with van der Waals surface area (Å²) in [5.41, 5.74) is 3.05. The van der Waals surface area contributed by atoms with Gasteiger partial charge in [-0.25, -0.2) is 0 Å². The highest BCUT2D eigenvalue weighted by molar-refractivity contribution is 6.30. The quantitative estimate of drug-likeness (QED) is 0.522. The first kappa shape index (κ1) is 15.4. The molecule has 0 atom stereocenters. The fourth-order valence-corrected chi connectivity index (χ4v) is 2.36. The minimum atomic E-state index is 0.317. The van der Waals surface area contributed by atoms with Crippen LogP contribution in [0.2, 0.25) is 5.15 Å². The van der Waals surface area contributed by atoms with Crippen molar-refractivity contribution >= 4 is 17.3 Å². The molecule has 1 heterocycles. The number of oxime groups is 1. The molecule has 0 aliphatic rings. The van der Waals surface area contributed by atoms with Crippen molar-refractivity contribution in [3.05, 3.63) is 46.2 Å². The second-order valence-electron chi connectivity index (χ2n) is 4.66. The van der Waals surface area contributed by atoms with E-state index < -0.39 is 0 Å². The minimum absolute atomic E-state index is 0.317. The molecule has 0 radical (unpaired) electrons. The van der Waals surface area contributed by atoms with Gasteiger partial charge < -0.3 is 9.94 Å². The second kappa shape index (κ2) is 6.63. The van der Waals surface area contributed by atoms with Crippen molar-refractivity contribution in [1.82, 2.24) is 9.78 Å². The lowest BCUT2D eigenvalue weighted by Crippen LogP contribution is -2.05. The molecule has 0 unspecified atom stereocenters. The highest BCUT2D eigenvalue weighted by atomic mass is 35.5. The van der Waals surface area contributed by atoms with Crippen LogP contribution in [0.5, 0.6) is 5.75 Å². The van der Waals surface area contributed by atoms with Crippen LogP contribution in [-0.4, -0.2) is 20.7 Å². The zero-order chi connectivity index (χ0) is 15.4. The summed E-state index contributed by atoms with van der Waals surface area (Å²) in [7, 11) is 1.79. The molecule has 0 amide bonds. The Hall–Kier alpha value is -2.01. The van der Waals surface area contributed by atoms with Gasteiger partial charge in [-0.15, -0.1) is 0 Å². The molecule has 2 aromatic rings. The molecule has 5 nitrogen and oxygen atoms in total. The van der Waals surface area contributed by atoms with Gasteiger partial charge in [-0.05, 0) is 25.5 Å². The van der Waals surface area contributed by atoms with Crippen LogP contribution in [0, 0.1) is 6.92 Å². The van der Waals surface area contributed by atoms with E-state index in [0.29, 0.717) is 29.6 Å². The summed E-state index contributed by atoms with van der Waals surface area (Å²) in [6.45, 7) is 4.13. The highest BCUT2D eigenvalue weighted by Gasteiger charge is 2.14. The largest absolute Gasteiger partial charge is 0.488 e. The van der Waals surface area contributed by atoms with Gasteiger partial charge in [-0.1, -0.05) is 35.8 Å². The Morgan fingerprint density at radius 1 is 1.43 bits per heavy atom. The zero-order valence-electron chi connectivity index (χ0n) is 12.3. The van der Waals surface area contributed by atoms with Gasteiger partial charge in [0.25, 0.3) is 0 Å². The lowest BCUT2D eigenvalue weighted by atomic mass is 10.1. The Balaban J connectivity index is 2.25. The van der Waals surface area contributed by atoms with Crippen molar-refractivity contribution in [2.24, 2.45) is 12.2 Å². The second-order valence-corrected chi connectivity index (χ2v) is 5.02. The van der Waals surface area contributed by atoms with E-state index in [9.17, 15) is 0 Å². The maximum atomic E-state index is 9.08. The number of aromatic nitrogens is 2. The fraction of sp³-hybridized carbons (Fsp3) is 0.333. The summed E-state index contributed by atoms with van der Waals surface area (Å²) in [6.07, 6.45) is 0.615. The van der Waals surface area contributed by atoms with Crippen LogP contribution in [0.25, 0.3) is 0 Å². The van der Waals surface area contributed by atoms with Crippen LogP contribution < -0.4 is 4.74 Å². The number of aryl methyl sites for hydroxylation is 2. The smallest absolute Gasteiger partial charge is 0.133 e. The molecule has 6 heteroatoms. The molecule has 0 bridgehead atoms. The molecule has 2 rings (SSSR count). The average molecular weight is 308 g/mol. The van der Waals surface area contributed by atoms with E-state index >= 15 is 0 Å². The van der Waals surface area contributed by atoms with Crippen LogP contribution in [0.3, 0.4) is 0 Å². The Bertz CT molecular complexity index is 665. The van der Waals surface area contributed by atoms with Gasteiger partial charge in [-0.2, -0.15) is 5.10 Å². The third-order valence-corrected chi connectivity index (χ3v) is 3.77. The summed E-state index contributed by atoms with van der Waals surface area (Å²) in [4.78, 5) is 0. The van der Waals surface area contributed by atoms with E-state index in [1.807, 2.05) is 38.1 Å². The number of halogens is 1. The summed E-state index contributed by atoms with van der Waals surface area (Å²) in [5, 5.41) is 17.2. The first-order valence-electron chi connectivity index (χ1n) is 6.69. The minimum Gasteiger partial charge on any atom is -0.488 e. The third kappa shape index (κ3) is 3.19. The Morgan fingerprint density at radius 3 is 2.71 bits per heavy atom.